The molecular formula is C15H24N2O2. The van der Waals surface area contributed by atoms with Gasteiger partial charge in [0.05, 0.1) is 0 Å². The van der Waals surface area contributed by atoms with Gasteiger partial charge in [0.1, 0.15) is 5.75 Å². The highest BCUT2D eigenvalue weighted by Gasteiger charge is 2.13. The lowest BCUT2D eigenvalue weighted by molar-refractivity contribution is -0.133. The molecule has 1 unspecified atom stereocenters. The van der Waals surface area contributed by atoms with Crippen LogP contribution in [0.15, 0.2) is 24.3 Å². The molecule has 0 fully saturated rings. The van der Waals surface area contributed by atoms with Gasteiger partial charge in [0, 0.05) is 19.1 Å². The van der Waals surface area contributed by atoms with E-state index in [4.69, 9.17) is 10.5 Å². The van der Waals surface area contributed by atoms with Gasteiger partial charge >= 0.3 is 0 Å². The van der Waals surface area contributed by atoms with E-state index in [1.54, 1.807) is 11.9 Å². The molecule has 0 saturated carbocycles. The summed E-state index contributed by atoms with van der Waals surface area (Å²) >= 11 is 0. The number of carbonyl (C=O) groups excluding carboxylic acids is 1. The number of amides is 1. The number of rotatable bonds is 6. The van der Waals surface area contributed by atoms with Crippen molar-refractivity contribution in [3.8, 4) is 5.75 Å². The summed E-state index contributed by atoms with van der Waals surface area (Å²) in [6, 6.07) is 7.95. The molecule has 4 heteroatoms. The van der Waals surface area contributed by atoms with Crippen molar-refractivity contribution in [1.29, 1.82) is 0 Å². The Hall–Kier alpha value is -1.55. The normalized spacial score (nSPS) is 12.3. The highest BCUT2D eigenvalue weighted by atomic mass is 16.5. The van der Waals surface area contributed by atoms with Gasteiger partial charge in [-0.05, 0) is 38.8 Å². The number of ether oxygens (including phenoxy) is 1. The zero-order valence-electron chi connectivity index (χ0n) is 12.2. The summed E-state index contributed by atoms with van der Waals surface area (Å²) in [5.74, 6) is 0.718. The zero-order valence-corrected chi connectivity index (χ0v) is 12.2. The maximum absolute atomic E-state index is 11.9. The second kappa shape index (κ2) is 7.14. The number of carbonyl (C=O) groups is 1. The molecule has 0 saturated heterocycles. The van der Waals surface area contributed by atoms with E-state index in [1.165, 1.54) is 0 Å². The Balaban J connectivity index is 2.65. The predicted molar refractivity (Wildman–Crippen MR) is 77.2 cm³/mol. The molecule has 106 valence electrons. The molecule has 1 atom stereocenters. The van der Waals surface area contributed by atoms with Crippen molar-refractivity contribution in [3.63, 3.8) is 0 Å². The summed E-state index contributed by atoms with van der Waals surface area (Å²) in [6.07, 6.45) is 0.740. The highest BCUT2D eigenvalue weighted by molar-refractivity contribution is 5.77. The Morgan fingerprint density at radius 1 is 1.32 bits per heavy atom. The molecule has 1 aromatic carbocycles. The van der Waals surface area contributed by atoms with Crippen LogP contribution in [-0.4, -0.2) is 36.5 Å². The smallest absolute Gasteiger partial charge is 0.260 e. The fourth-order valence-corrected chi connectivity index (χ4v) is 1.69. The average molecular weight is 264 g/mol. The summed E-state index contributed by atoms with van der Waals surface area (Å²) < 4.78 is 5.62. The number of nitrogens with two attached hydrogens (primary N) is 1. The largest absolute Gasteiger partial charge is 0.483 e. The maximum atomic E-state index is 11.9. The van der Waals surface area contributed by atoms with Gasteiger partial charge in [0.2, 0.25) is 0 Å². The van der Waals surface area contributed by atoms with Crippen molar-refractivity contribution in [2.45, 2.75) is 39.3 Å². The third-order valence-corrected chi connectivity index (χ3v) is 3.03. The molecule has 0 aromatic heterocycles. The van der Waals surface area contributed by atoms with E-state index in [0.717, 1.165) is 17.7 Å². The van der Waals surface area contributed by atoms with Crippen LogP contribution in [0.4, 0.5) is 0 Å². The second-order valence-corrected chi connectivity index (χ2v) is 5.18. The van der Waals surface area contributed by atoms with Crippen molar-refractivity contribution in [1.82, 2.24) is 4.90 Å². The van der Waals surface area contributed by atoms with Crippen LogP contribution in [0.25, 0.3) is 0 Å². The molecule has 0 aliphatic carbocycles. The van der Waals surface area contributed by atoms with Gasteiger partial charge in [0.25, 0.3) is 5.91 Å². The summed E-state index contributed by atoms with van der Waals surface area (Å²) in [5, 5.41) is 0. The third kappa shape index (κ3) is 4.91. The van der Waals surface area contributed by atoms with Crippen LogP contribution in [0.2, 0.25) is 0 Å². The molecule has 1 aromatic rings. The van der Waals surface area contributed by atoms with E-state index in [9.17, 15) is 4.79 Å². The Labute approximate surface area is 115 Å². The van der Waals surface area contributed by atoms with E-state index < -0.39 is 0 Å². The van der Waals surface area contributed by atoms with Crippen LogP contribution in [0.3, 0.4) is 0 Å². The standard InChI is InChI=1S/C15H24N2O2/c1-11(2)17(4)15(18)10-19-14-8-6-5-7-13(14)9-12(3)16/h5-8,11-12H,9-10,16H2,1-4H3. The SMILES string of the molecule is CC(N)Cc1ccccc1OCC(=O)N(C)C(C)C. The van der Waals surface area contributed by atoms with Crippen LogP contribution in [0.5, 0.6) is 5.75 Å². The molecule has 0 aliphatic rings. The molecule has 1 rings (SSSR count). The molecule has 0 spiro atoms. The van der Waals surface area contributed by atoms with Gasteiger partial charge in [0.15, 0.2) is 6.61 Å². The molecule has 1 amide bonds. The maximum Gasteiger partial charge on any atom is 0.260 e. The number of hydrogen-bond acceptors (Lipinski definition) is 3. The Morgan fingerprint density at radius 2 is 1.95 bits per heavy atom. The minimum absolute atomic E-state index is 0.0226. The van der Waals surface area contributed by atoms with Gasteiger partial charge < -0.3 is 15.4 Å². The Morgan fingerprint density at radius 3 is 2.53 bits per heavy atom. The van der Waals surface area contributed by atoms with Gasteiger partial charge in [-0.15, -0.1) is 0 Å². The first-order chi connectivity index (χ1) is 8.91. The number of benzene rings is 1. The van der Waals surface area contributed by atoms with Gasteiger partial charge in [-0.3, -0.25) is 4.79 Å². The molecule has 0 aliphatic heterocycles. The molecule has 4 nitrogen and oxygen atoms in total. The van der Waals surface area contributed by atoms with Crippen LogP contribution < -0.4 is 10.5 Å². The fourth-order valence-electron chi connectivity index (χ4n) is 1.69. The number of hydrogen-bond donors (Lipinski definition) is 1. The van der Waals surface area contributed by atoms with Crippen molar-refractivity contribution in [3.05, 3.63) is 29.8 Å². The first-order valence-corrected chi connectivity index (χ1v) is 6.63. The predicted octanol–water partition coefficient (Wildman–Crippen LogP) is 1.82. The van der Waals surface area contributed by atoms with Crippen molar-refractivity contribution in [2.24, 2.45) is 5.73 Å². The lowest BCUT2D eigenvalue weighted by Gasteiger charge is -2.22. The van der Waals surface area contributed by atoms with E-state index in [2.05, 4.69) is 0 Å². The number of likely N-dealkylation sites (N-methyl/N-ethyl adjacent to an activating group) is 1. The summed E-state index contributed by atoms with van der Waals surface area (Å²) in [4.78, 5) is 13.5. The molecule has 19 heavy (non-hydrogen) atoms. The molecular weight excluding hydrogens is 240 g/mol. The van der Waals surface area contributed by atoms with Gasteiger partial charge in [-0.2, -0.15) is 0 Å². The molecule has 0 bridgehead atoms. The summed E-state index contributed by atoms with van der Waals surface area (Å²) in [7, 11) is 1.78. The van der Waals surface area contributed by atoms with Crippen molar-refractivity contribution in [2.75, 3.05) is 13.7 Å². The highest BCUT2D eigenvalue weighted by Crippen LogP contribution is 2.19. The zero-order chi connectivity index (χ0) is 14.4. The van der Waals surface area contributed by atoms with E-state index in [0.29, 0.717) is 0 Å². The van der Waals surface area contributed by atoms with Crippen LogP contribution >= 0.6 is 0 Å². The minimum atomic E-state index is -0.0226. The van der Waals surface area contributed by atoms with Gasteiger partial charge in [-0.25, -0.2) is 0 Å². The average Bonchev–Trinajstić information content (AvgIpc) is 2.35. The van der Waals surface area contributed by atoms with E-state index in [-0.39, 0.29) is 24.6 Å². The van der Waals surface area contributed by atoms with Crippen molar-refractivity contribution >= 4 is 5.91 Å². The first-order valence-electron chi connectivity index (χ1n) is 6.63. The quantitative estimate of drug-likeness (QED) is 0.852. The molecule has 0 radical (unpaired) electrons. The summed E-state index contributed by atoms with van der Waals surface area (Å²) in [6.45, 7) is 5.96. The minimum Gasteiger partial charge on any atom is -0.483 e. The van der Waals surface area contributed by atoms with Crippen molar-refractivity contribution < 1.29 is 9.53 Å². The van der Waals surface area contributed by atoms with Crippen LogP contribution in [0.1, 0.15) is 26.3 Å². The number of nitrogens with zero attached hydrogens (tertiary/aromatic N) is 1. The fraction of sp³-hybridized carbons (Fsp3) is 0.533. The van der Waals surface area contributed by atoms with Crippen LogP contribution in [0, 0.1) is 0 Å². The Kier molecular flexibility index (Phi) is 5.83. The Bertz CT molecular complexity index is 416. The lowest BCUT2D eigenvalue weighted by Crippen LogP contribution is -2.36. The van der Waals surface area contributed by atoms with Crippen LogP contribution in [-0.2, 0) is 11.2 Å². The topological polar surface area (TPSA) is 55.6 Å². The molecule has 2 N–H and O–H groups in total. The van der Waals surface area contributed by atoms with E-state index >= 15 is 0 Å². The first kappa shape index (κ1) is 15.5. The summed E-state index contributed by atoms with van der Waals surface area (Å²) in [5.41, 5.74) is 6.85. The lowest BCUT2D eigenvalue weighted by atomic mass is 10.1. The van der Waals surface area contributed by atoms with E-state index in [1.807, 2.05) is 45.0 Å². The second-order valence-electron chi connectivity index (χ2n) is 5.18. The third-order valence-electron chi connectivity index (χ3n) is 3.03. The van der Waals surface area contributed by atoms with Gasteiger partial charge in [-0.1, -0.05) is 18.2 Å². The molecule has 0 heterocycles. The monoisotopic (exact) mass is 264 g/mol. The number of para-hydroxylation sites is 1.